The second kappa shape index (κ2) is 9.75. The van der Waals surface area contributed by atoms with Crippen LogP contribution in [0.15, 0.2) is 58.4 Å². The van der Waals surface area contributed by atoms with Crippen LogP contribution in [-0.2, 0) is 6.54 Å². The van der Waals surface area contributed by atoms with E-state index in [2.05, 4.69) is 15.6 Å². The normalized spacial score (nSPS) is 11.5. The standard InChI is InChI=1S/C22H23N5O4/c1-3-8-19(15-9-7-10-16(14-15)27(30)31)23-24-21(28)20-17-11-5-6-12-18(17)22(29)26(25-20)13-4-2/h5-7,9-12,14H,3-4,8,13H2,1-2H3,(H,24,28)/b23-19-. The average Bonchev–Trinajstić information content (AvgIpc) is 2.78. The summed E-state index contributed by atoms with van der Waals surface area (Å²) < 4.78 is 1.29. The Morgan fingerprint density at radius 2 is 1.87 bits per heavy atom. The summed E-state index contributed by atoms with van der Waals surface area (Å²) in [7, 11) is 0. The summed E-state index contributed by atoms with van der Waals surface area (Å²) >= 11 is 0. The summed E-state index contributed by atoms with van der Waals surface area (Å²) in [5.41, 5.74) is 3.39. The summed E-state index contributed by atoms with van der Waals surface area (Å²) in [5, 5.41) is 20.4. The Labute approximate surface area is 178 Å². The van der Waals surface area contributed by atoms with E-state index in [1.807, 2.05) is 13.8 Å². The third-order valence-corrected chi connectivity index (χ3v) is 4.69. The van der Waals surface area contributed by atoms with Gasteiger partial charge in [-0.3, -0.25) is 19.7 Å². The third kappa shape index (κ3) is 4.82. The van der Waals surface area contributed by atoms with Gasteiger partial charge in [0.15, 0.2) is 5.69 Å². The van der Waals surface area contributed by atoms with E-state index >= 15 is 0 Å². The number of hydrazone groups is 1. The second-order valence-corrected chi connectivity index (χ2v) is 6.98. The van der Waals surface area contributed by atoms with Gasteiger partial charge >= 0.3 is 0 Å². The fourth-order valence-electron chi connectivity index (χ4n) is 3.24. The van der Waals surface area contributed by atoms with Crippen molar-refractivity contribution in [2.75, 3.05) is 0 Å². The Hall–Kier alpha value is -3.88. The molecule has 0 aliphatic carbocycles. The molecule has 0 aliphatic heterocycles. The lowest BCUT2D eigenvalue weighted by Crippen LogP contribution is -2.29. The Morgan fingerprint density at radius 3 is 2.55 bits per heavy atom. The number of nitrogens with zero attached hydrogens (tertiary/aromatic N) is 4. The van der Waals surface area contributed by atoms with Crippen LogP contribution < -0.4 is 11.0 Å². The van der Waals surface area contributed by atoms with Gasteiger partial charge in [-0.2, -0.15) is 10.2 Å². The maximum atomic E-state index is 12.9. The number of carbonyl (C=O) groups is 1. The van der Waals surface area contributed by atoms with Crippen LogP contribution in [0.1, 0.15) is 49.2 Å². The van der Waals surface area contributed by atoms with Gasteiger partial charge in [-0.25, -0.2) is 10.1 Å². The quantitative estimate of drug-likeness (QED) is 0.338. The molecule has 9 nitrogen and oxygen atoms in total. The zero-order valence-electron chi connectivity index (χ0n) is 17.4. The second-order valence-electron chi connectivity index (χ2n) is 6.98. The van der Waals surface area contributed by atoms with E-state index in [0.29, 0.717) is 41.4 Å². The lowest BCUT2D eigenvalue weighted by Gasteiger charge is -2.10. The molecule has 1 heterocycles. The summed E-state index contributed by atoms with van der Waals surface area (Å²) in [4.78, 5) is 36.1. The molecular weight excluding hydrogens is 398 g/mol. The number of fused-ring (bicyclic) bond motifs is 1. The SMILES string of the molecule is CCC/C(=N/NC(=O)c1nn(CCC)c(=O)c2ccccc12)c1cccc([N+](=O)[O-])c1. The number of aromatic nitrogens is 2. The first kappa shape index (κ1) is 21.8. The molecule has 160 valence electrons. The Morgan fingerprint density at radius 1 is 1.13 bits per heavy atom. The number of hydrogen-bond donors (Lipinski definition) is 1. The van der Waals surface area contributed by atoms with Gasteiger partial charge in [0, 0.05) is 29.6 Å². The van der Waals surface area contributed by atoms with E-state index in [9.17, 15) is 19.7 Å². The van der Waals surface area contributed by atoms with Crippen LogP contribution in [0.5, 0.6) is 0 Å². The number of hydrogen-bond acceptors (Lipinski definition) is 6. The molecule has 31 heavy (non-hydrogen) atoms. The Balaban J connectivity index is 1.99. The average molecular weight is 421 g/mol. The minimum Gasteiger partial charge on any atom is -0.267 e. The van der Waals surface area contributed by atoms with E-state index in [4.69, 9.17) is 0 Å². The fraction of sp³-hybridized carbons (Fsp3) is 0.273. The number of amides is 1. The van der Waals surface area contributed by atoms with Gasteiger partial charge in [0.1, 0.15) is 0 Å². The topological polar surface area (TPSA) is 119 Å². The molecule has 0 spiro atoms. The number of rotatable bonds is 8. The lowest BCUT2D eigenvalue weighted by molar-refractivity contribution is -0.384. The number of carbonyl (C=O) groups excluding carboxylic acids is 1. The van der Waals surface area contributed by atoms with Gasteiger partial charge in [-0.05, 0) is 18.9 Å². The van der Waals surface area contributed by atoms with Crippen molar-refractivity contribution in [3.05, 3.63) is 80.3 Å². The van der Waals surface area contributed by atoms with Crippen LogP contribution in [0.2, 0.25) is 0 Å². The van der Waals surface area contributed by atoms with Crippen molar-refractivity contribution in [1.82, 2.24) is 15.2 Å². The highest BCUT2D eigenvalue weighted by Crippen LogP contribution is 2.16. The van der Waals surface area contributed by atoms with Crippen LogP contribution in [0, 0.1) is 10.1 Å². The Bertz CT molecular complexity index is 1220. The molecule has 0 fully saturated rings. The molecule has 1 aromatic heterocycles. The number of nitro benzene ring substituents is 1. The number of benzene rings is 2. The van der Waals surface area contributed by atoms with Gasteiger partial charge < -0.3 is 0 Å². The summed E-state index contributed by atoms with van der Waals surface area (Å²) in [5.74, 6) is -0.555. The minimum atomic E-state index is -0.555. The molecule has 1 amide bonds. The largest absolute Gasteiger partial charge is 0.292 e. The molecule has 0 saturated heterocycles. The zero-order chi connectivity index (χ0) is 22.4. The van der Waals surface area contributed by atoms with Crippen LogP contribution in [0.4, 0.5) is 5.69 Å². The monoisotopic (exact) mass is 421 g/mol. The van der Waals surface area contributed by atoms with Crippen molar-refractivity contribution in [2.24, 2.45) is 5.10 Å². The van der Waals surface area contributed by atoms with Crippen molar-refractivity contribution >= 4 is 28.1 Å². The highest BCUT2D eigenvalue weighted by Gasteiger charge is 2.17. The van der Waals surface area contributed by atoms with E-state index in [1.165, 1.54) is 16.8 Å². The molecular formula is C22H23N5O4. The zero-order valence-corrected chi connectivity index (χ0v) is 17.4. The van der Waals surface area contributed by atoms with E-state index < -0.39 is 10.8 Å². The summed E-state index contributed by atoms with van der Waals surface area (Å²) in [6, 6.07) is 12.9. The van der Waals surface area contributed by atoms with Gasteiger partial charge in [0.2, 0.25) is 0 Å². The Kier molecular flexibility index (Phi) is 6.86. The van der Waals surface area contributed by atoms with E-state index in [0.717, 1.165) is 6.42 Å². The van der Waals surface area contributed by atoms with Crippen molar-refractivity contribution in [3.63, 3.8) is 0 Å². The van der Waals surface area contributed by atoms with E-state index in [-0.39, 0.29) is 16.9 Å². The minimum absolute atomic E-state index is 0.0491. The maximum Gasteiger partial charge on any atom is 0.292 e. The highest BCUT2D eigenvalue weighted by atomic mass is 16.6. The molecule has 3 rings (SSSR count). The van der Waals surface area contributed by atoms with Gasteiger partial charge in [-0.1, -0.05) is 50.6 Å². The molecule has 0 atom stereocenters. The van der Waals surface area contributed by atoms with Crippen molar-refractivity contribution in [1.29, 1.82) is 0 Å². The fourth-order valence-corrected chi connectivity index (χ4v) is 3.24. The van der Waals surface area contributed by atoms with Gasteiger partial charge in [0.05, 0.1) is 16.0 Å². The molecule has 3 aromatic rings. The molecule has 2 aromatic carbocycles. The molecule has 0 radical (unpaired) electrons. The number of nitrogens with one attached hydrogen (secondary N) is 1. The van der Waals surface area contributed by atoms with Crippen LogP contribution in [0.3, 0.4) is 0 Å². The molecule has 0 bridgehead atoms. The molecule has 9 heteroatoms. The van der Waals surface area contributed by atoms with Crippen molar-refractivity contribution < 1.29 is 9.72 Å². The predicted octanol–water partition coefficient (Wildman–Crippen LogP) is 3.65. The maximum absolute atomic E-state index is 12.9. The van der Waals surface area contributed by atoms with Crippen LogP contribution in [0.25, 0.3) is 10.8 Å². The van der Waals surface area contributed by atoms with Crippen molar-refractivity contribution in [3.8, 4) is 0 Å². The first-order chi connectivity index (χ1) is 15.0. The highest BCUT2D eigenvalue weighted by molar-refractivity contribution is 6.06. The van der Waals surface area contributed by atoms with Crippen molar-refractivity contribution in [2.45, 2.75) is 39.7 Å². The molecule has 0 aliphatic rings. The van der Waals surface area contributed by atoms with Gasteiger partial charge in [0.25, 0.3) is 17.2 Å². The lowest BCUT2D eigenvalue weighted by atomic mass is 10.1. The molecule has 0 unspecified atom stereocenters. The van der Waals surface area contributed by atoms with Gasteiger partial charge in [-0.15, -0.1) is 0 Å². The van der Waals surface area contributed by atoms with E-state index in [1.54, 1.807) is 36.4 Å². The smallest absolute Gasteiger partial charge is 0.267 e. The number of aryl methyl sites for hydroxylation is 1. The first-order valence-corrected chi connectivity index (χ1v) is 10.1. The molecule has 0 saturated carbocycles. The first-order valence-electron chi connectivity index (χ1n) is 10.1. The summed E-state index contributed by atoms with van der Waals surface area (Å²) in [6.07, 6.45) is 1.95. The number of nitro groups is 1. The number of non-ortho nitro benzene ring substituents is 1. The van der Waals surface area contributed by atoms with Crippen LogP contribution >= 0.6 is 0 Å². The molecule has 1 N–H and O–H groups in total. The predicted molar refractivity (Wildman–Crippen MR) is 118 cm³/mol. The third-order valence-electron chi connectivity index (χ3n) is 4.69. The summed E-state index contributed by atoms with van der Waals surface area (Å²) in [6.45, 7) is 4.26. The van der Waals surface area contributed by atoms with Crippen LogP contribution in [-0.4, -0.2) is 26.3 Å².